The number of nitrogens with zero attached hydrogens (tertiary/aromatic N) is 2. The normalized spacial score (nSPS) is 15.6. The first-order valence-electron chi connectivity index (χ1n) is 9.54. The van der Waals surface area contributed by atoms with E-state index in [9.17, 15) is 14.9 Å². The molecular weight excluding hydrogens is 354 g/mol. The van der Waals surface area contributed by atoms with Gasteiger partial charge >= 0.3 is 0 Å². The number of likely N-dealkylation sites (tertiary alicyclic amines) is 1. The Morgan fingerprint density at radius 2 is 1.93 bits per heavy atom. The van der Waals surface area contributed by atoms with Crippen molar-refractivity contribution in [1.29, 1.82) is 0 Å². The van der Waals surface area contributed by atoms with Crippen LogP contribution in [0.2, 0.25) is 0 Å². The number of hydrogen-bond acceptors (Lipinski definition) is 4. The summed E-state index contributed by atoms with van der Waals surface area (Å²) in [5.41, 5.74) is 2.57. The number of amides is 1. The quantitative estimate of drug-likeness (QED) is 0.456. The fourth-order valence-corrected chi connectivity index (χ4v) is 3.27. The van der Waals surface area contributed by atoms with Crippen molar-refractivity contribution in [3.63, 3.8) is 0 Å². The Bertz CT molecular complexity index is 854. The third-order valence-electron chi connectivity index (χ3n) is 5.01. The number of anilines is 1. The lowest BCUT2D eigenvalue weighted by atomic mass is 9.99. The molecule has 0 saturated carbocycles. The molecule has 0 unspecified atom stereocenters. The Hall–Kier alpha value is -2.99. The minimum absolute atomic E-state index is 0.00121. The third-order valence-corrected chi connectivity index (χ3v) is 5.01. The van der Waals surface area contributed by atoms with Crippen LogP contribution in [-0.2, 0) is 11.3 Å². The SMILES string of the molecule is CC1CCN(Cc2ccc(NC(=O)/C=C/c3cccc([N+](=O)[O-])c3)cc2)CC1. The van der Waals surface area contributed by atoms with Crippen LogP contribution in [0.4, 0.5) is 11.4 Å². The van der Waals surface area contributed by atoms with Gasteiger partial charge in [0, 0.05) is 30.4 Å². The number of benzene rings is 2. The van der Waals surface area contributed by atoms with Crippen LogP contribution < -0.4 is 5.32 Å². The highest BCUT2D eigenvalue weighted by Gasteiger charge is 2.15. The lowest BCUT2D eigenvalue weighted by Gasteiger charge is -2.30. The zero-order valence-electron chi connectivity index (χ0n) is 16.0. The van der Waals surface area contributed by atoms with Gasteiger partial charge in [-0.2, -0.15) is 0 Å². The van der Waals surface area contributed by atoms with Crippen molar-refractivity contribution < 1.29 is 9.72 Å². The topological polar surface area (TPSA) is 75.5 Å². The van der Waals surface area contributed by atoms with Gasteiger partial charge in [0.15, 0.2) is 0 Å². The molecule has 0 radical (unpaired) electrons. The highest BCUT2D eigenvalue weighted by atomic mass is 16.6. The van der Waals surface area contributed by atoms with E-state index < -0.39 is 4.92 Å². The molecule has 1 heterocycles. The summed E-state index contributed by atoms with van der Waals surface area (Å²) in [4.78, 5) is 24.9. The predicted octanol–water partition coefficient (Wildman–Crippen LogP) is 4.48. The number of carbonyl (C=O) groups is 1. The van der Waals surface area contributed by atoms with Gasteiger partial charge in [-0.1, -0.05) is 31.2 Å². The molecule has 6 nitrogen and oxygen atoms in total. The fraction of sp³-hybridized carbons (Fsp3) is 0.318. The van der Waals surface area contributed by atoms with Gasteiger partial charge in [-0.3, -0.25) is 19.8 Å². The number of nitro benzene ring substituents is 1. The molecule has 0 aromatic heterocycles. The maximum Gasteiger partial charge on any atom is 0.270 e. The summed E-state index contributed by atoms with van der Waals surface area (Å²) < 4.78 is 0. The van der Waals surface area contributed by atoms with E-state index in [-0.39, 0.29) is 11.6 Å². The average molecular weight is 379 g/mol. The molecule has 2 aromatic carbocycles. The van der Waals surface area contributed by atoms with E-state index in [1.165, 1.54) is 36.6 Å². The Kier molecular flexibility index (Phi) is 6.55. The van der Waals surface area contributed by atoms with Crippen LogP contribution >= 0.6 is 0 Å². The number of carbonyl (C=O) groups excluding carboxylic acids is 1. The van der Waals surface area contributed by atoms with Crippen LogP contribution in [-0.4, -0.2) is 28.8 Å². The second kappa shape index (κ2) is 9.28. The van der Waals surface area contributed by atoms with Crippen molar-refractivity contribution in [3.8, 4) is 0 Å². The van der Waals surface area contributed by atoms with Gasteiger partial charge in [-0.15, -0.1) is 0 Å². The van der Waals surface area contributed by atoms with Crippen molar-refractivity contribution in [3.05, 3.63) is 75.8 Å². The Labute approximate surface area is 165 Å². The highest BCUT2D eigenvalue weighted by Crippen LogP contribution is 2.19. The zero-order valence-corrected chi connectivity index (χ0v) is 16.0. The molecule has 0 bridgehead atoms. The number of rotatable bonds is 6. The number of piperidine rings is 1. The number of nitro groups is 1. The van der Waals surface area contributed by atoms with E-state index in [2.05, 4.69) is 17.1 Å². The van der Waals surface area contributed by atoms with Crippen molar-refractivity contribution in [2.24, 2.45) is 5.92 Å². The minimum Gasteiger partial charge on any atom is -0.323 e. The molecule has 1 aliphatic heterocycles. The van der Waals surface area contributed by atoms with Gasteiger partial charge < -0.3 is 5.32 Å². The second-order valence-corrected chi connectivity index (χ2v) is 7.33. The van der Waals surface area contributed by atoms with Gasteiger partial charge in [0.1, 0.15) is 0 Å². The minimum atomic E-state index is -0.455. The van der Waals surface area contributed by atoms with Crippen LogP contribution in [0.15, 0.2) is 54.6 Å². The summed E-state index contributed by atoms with van der Waals surface area (Å²) >= 11 is 0. The van der Waals surface area contributed by atoms with Gasteiger partial charge in [-0.25, -0.2) is 0 Å². The lowest BCUT2D eigenvalue weighted by Crippen LogP contribution is -2.32. The average Bonchev–Trinajstić information content (AvgIpc) is 2.70. The van der Waals surface area contributed by atoms with E-state index in [4.69, 9.17) is 0 Å². The van der Waals surface area contributed by atoms with Gasteiger partial charge in [0.05, 0.1) is 4.92 Å². The largest absolute Gasteiger partial charge is 0.323 e. The molecule has 1 N–H and O–H groups in total. The smallest absolute Gasteiger partial charge is 0.270 e. The maximum atomic E-state index is 12.1. The molecule has 0 spiro atoms. The Morgan fingerprint density at radius 1 is 1.21 bits per heavy atom. The third kappa shape index (κ3) is 5.76. The molecule has 3 rings (SSSR count). The molecule has 0 aliphatic carbocycles. The summed E-state index contributed by atoms with van der Waals surface area (Å²) in [6.45, 7) is 5.53. The van der Waals surface area contributed by atoms with Crippen molar-refractivity contribution in [2.45, 2.75) is 26.3 Å². The van der Waals surface area contributed by atoms with Crippen LogP contribution in [0.5, 0.6) is 0 Å². The molecule has 1 fully saturated rings. The monoisotopic (exact) mass is 379 g/mol. The summed E-state index contributed by atoms with van der Waals surface area (Å²) in [5, 5.41) is 13.6. The summed E-state index contributed by atoms with van der Waals surface area (Å²) in [7, 11) is 0. The van der Waals surface area contributed by atoms with Gasteiger partial charge in [-0.05, 0) is 61.2 Å². The predicted molar refractivity (Wildman–Crippen MR) is 111 cm³/mol. The van der Waals surface area contributed by atoms with E-state index in [0.717, 1.165) is 31.2 Å². The van der Waals surface area contributed by atoms with E-state index >= 15 is 0 Å². The first-order chi connectivity index (χ1) is 13.5. The van der Waals surface area contributed by atoms with Crippen molar-refractivity contribution in [1.82, 2.24) is 4.90 Å². The molecule has 1 amide bonds. The maximum absolute atomic E-state index is 12.1. The molecule has 6 heteroatoms. The van der Waals surface area contributed by atoms with Crippen LogP contribution in [0.25, 0.3) is 6.08 Å². The Morgan fingerprint density at radius 3 is 2.61 bits per heavy atom. The van der Waals surface area contributed by atoms with E-state index in [1.54, 1.807) is 18.2 Å². The number of nitrogens with one attached hydrogen (secondary N) is 1. The number of hydrogen-bond donors (Lipinski definition) is 1. The van der Waals surface area contributed by atoms with Crippen LogP contribution in [0.3, 0.4) is 0 Å². The standard InChI is InChI=1S/C22H25N3O3/c1-17-11-13-24(14-12-17)16-19-5-8-20(9-6-19)23-22(26)10-7-18-3-2-4-21(15-18)25(27)28/h2-10,15,17H,11-14,16H2,1H3,(H,23,26)/b10-7+. The summed E-state index contributed by atoms with van der Waals surface area (Å²) in [6, 6.07) is 14.0. The molecule has 28 heavy (non-hydrogen) atoms. The van der Waals surface area contributed by atoms with Crippen LogP contribution in [0, 0.1) is 16.0 Å². The molecule has 1 aliphatic rings. The lowest BCUT2D eigenvalue weighted by molar-refractivity contribution is -0.384. The van der Waals surface area contributed by atoms with Gasteiger partial charge in [0.2, 0.25) is 5.91 Å². The first-order valence-corrected chi connectivity index (χ1v) is 9.54. The Balaban J connectivity index is 1.53. The van der Waals surface area contributed by atoms with Crippen molar-refractivity contribution in [2.75, 3.05) is 18.4 Å². The second-order valence-electron chi connectivity index (χ2n) is 7.33. The van der Waals surface area contributed by atoms with Gasteiger partial charge in [0.25, 0.3) is 5.69 Å². The summed E-state index contributed by atoms with van der Waals surface area (Å²) in [5.74, 6) is 0.549. The van der Waals surface area contributed by atoms with E-state index in [1.807, 2.05) is 24.3 Å². The molecule has 146 valence electrons. The molecule has 2 aromatic rings. The fourth-order valence-electron chi connectivity index (χ4n) is 3.27. The first kappa shape index (κ1) is 19.8. The van der Waals surface area contributed by atoms with E-state index in [0.29, 0.717) is 5.56 Å². The number of non-ortho nitro benzene ring substituents is 1. The highest BCUT2D eigenvalue weighted by molar-refractivity contribution is 6.01. The summed E-state index contributed by atoms with van der Waals surface area (Å²) in [6.07, 6.45) is 5.45. The van der Waals surface area contributed by atoms with Crippen LogP contribution in [0.1, 0.15) is 30.9 Å². The van der Waals surface area contributed by atoms with Crippen molar-refractivity contribution >= 4 is 23.4 Å². The zero-order chi connectivity index (χ0) is 19.9. The molecule has 1 saturated heterocycles. The molecular formula is C22H25N3O3. The molecule has 0 atom stereocenters.